The molecule has 2 aromatic carbocycles. The average molecular weight is 369 g/mol. The summed E-state index contributed by atoms with van der Waals surface area (Å²) in [5, 5.41) is 3.22. The van der Waals surface area contributed by atoms with Crippen molar-refractivity contribution in [1.82, 2.24) is 4.47 Å². The highest BCUT2D eigenvalue weighted by Gasteiger charge is 2.22. The number of nitrogens with one attached hydrogen (secondary N) is 1. The molecule has 24 heavy (non-hydrogen) atoms. The highest BCUT2D eigenvalue weighted by molar-refractivity contribution is 7.89. The number of benzene rings is 2. The van der Waals surface area contributed by atoms with E-state index in [1.165, 1.54) is 38.4 Å². The van der Waals surface area contributed by atoms with Crippen LogP contribution in [0.2, 0.25) is 5.02 Å². The zero-order chi connectivity index (χ0) is 17.9. The largest absolute Gasteiger partial charge is 0.322 e. The quantitative estimate of drug-likeness (QED) is 0.823. The maximum Gasteiger partial charge on any atom is 0.264 e. The monoisotopic (exact) mass is 368 g/mol. The first-order valence-corrected chi connectivity index (χ1v) is 8.78. The van der Waals surface area contributed by atoms with Crippen LogP contribution < -0.4 is 5.32 Å². The molecule has 0 spiro atoms. The molecule has 2 aromatic rings. The Labute approximate surface area is 146 Å². The summed E-state index contributed by atoms with van der Waals surface area (Å²) in [5.74, 6) is -0.438. The van der Waals surface area contributed by atoms with Crippen molar-refractivity contribution in [1.29, 1.82) is 0 Å². The number of sulfonamides is 1. The van der Waals surface area contributed by atoms with E-state index in [0.29, 0.717) is 10.7 Å². The minimum Gasteiger partial charge on any atom is -0.322 e. The SMILES string of the molecule is CON(C)S(=O)(=O)c1cccc(C(=O)Nc2ccc(C)c(Cl)c2)c1. The summed E-state index contributed by atoms with van der Waals surface area (Å²) in [6.07, 6.45) is 0. The Balaban J connectivity index is 2.28. The molecular formula is C16H17ClN2O4S. The maximum atomic E-state index is 12.3. The number of amides is 1. The van der Waals surface area contributed by atoms with Crippen LogP contribution in [0.25, 0.3) is 0 Å². The Hall–Kier alpha value is -1.93. The first-order chi connectivity index (χ1) is 11.3. The lowest BCUT2D eigenvalue weighted by Crippen LogP contribution is -2.26. The highest BCUT2D eigenvalue weighted by Crippen LogP contribution is 2.21. The molecule has 0 atom stereocenters. The van der Waals surface area contributed by atoms with Gasteiger partial charge in [-0.2, -0.15) is 0 Å². The number of halogens is 1. The van der Waals surface area contributed by atoms with Crippen molar-refractivity contribution in [2.75, 3.05) is 19.5 Å². The maximum absolute atomic E-state index is 12.3. The fourth-order valence-corrected chi connectivity index (χ4v) is 3.12. The van der Waals surface area contributed by atoms with Crippen molar-refractivity contribution >= 4 is 33.2 Å². The Kier molecular flexibility index (Phi) is 5.61. The topological polar surface area (TPSA) is 75.7 Å². The zero-order valence-corrected chi connectivity index (χ0v) is 15.0. The summed E-state index contributed by atoms with van der Waals surface area (Å²) in [6, 6.07) is 10.8. The Bertz CT molecular complexity index is 868. The second kappa shape index (κ2) is 7.31. The van der Waals surface area contributed by atoms with E-state index < -0.39 is 15.9 Å². The average Bonchev–Trinajstić information content (AvgIpc) is 2.57. The number of aryl methyl sites for hydroxylation is 1. The van der Waals surface area contributed by atoms with E-state index in [4.69, 9.17) is 16.4 Å². The van der Waals surface area contributed by atoms with E-state index in [1.807, 2.05) is 6.92 Å². The van der Waals surface area contributed by atoms with Crippen LogP contribution in [-0.4, -0.2) is 33.0 Å². The summed E-state index contributed by atoms with van der Waals surface area (Å²) in [7, 11) is -1.30. The van der Waals surface area contributed by atoms with E-state index in [1.54, 1.807) is 18.2 Å². The van der Waals surface area contributed by atoms with E-state index >= 15 is 0 Å². The number of carbonyl (C=O) groups is 1. The van der Waals surface area contributed by atoms with Crippen LogP contribution >= 0.6 is 11.6 Å². The molecule has 0 saturated carbocycles. The van der Waals surface area contributed by atoms with Crippen LogP contribution in [0.5, 0.6) is 0 Å². The van der Waals surface area contributed by atoms with E-state index in [0.717, 1.165) is 10.0 Å². The number of hydrogen-bond donors (Lipinski definition) is 1. The molecule has 128 valence electrons. The number of hydrogen-bond acceptors (Lipinski definition) is 4. The lowest BCUT2D eigenvalue weighted by molar-refractivity contribution is -0.0258. The van der Waals surface area contributed by atoms with Crippen LogP contribution in [0.15, 0.2) is 47.4 Å². The molecule has 2 rings (SSSR count). The fraction of sp³-hybridized carbons (Fsp3) is 0.188. The molecule has 8 heteroatoms. The van der Waals surface area contributed by atoms with Gasteiger partial charge in [0.25, 0.3) is 15.9 Å². The number of nitrogens with zero attached hydrogens (tertiary/aromatic N) is 1. The van der Waals surface area contributed by atoms with Crippen LogP contribution in [-0.2, 0) is 14.9 Å². The summed E-state index contributed by atoms with van der Waals surface area (Å²) in [6.45, 7) is 1.86. The van der Waals surface area contributed by atoms with Gasteiger partial charge >= 0.3 is 0 Å². The van der Waals surface area contributed by atoms with Crippen LogP contribution in [0, 0.1) is 6.92 Å². The minimum atomic E-state index is -3.82. The minimum absolute atomic E-state index is 0.0403. The van der Waals surface area contributed by atoms with E-state index in [2.05, 4.69) is 5.32 Å². The van der Waals surface area contributed by atoms with E-state index in [-0.39, 0.29) is 10.5 Å². The Morgan fingerprint density at radius 3 is 2.54 bits per heavy atom. The van der Waals surface area contributed by atoms with Gasteiger partial charge in [-0.05, 0) is 42.8 Å². The predicted molar refractivity (Wildman–Crippen MR) is 92.5 cm³/mol. The summed E-state index contributed by atoms with van der Waals surface area (Å²) in [5.41, 5.74) is 1.63. The number of anilines is 1. The Morgan fingerprint density at radius 2 is 1.92 bits per heavy atom. The van der Waals surface area contributed by atoms with Gasteiger partial charge < -0.3 is 5.32 Å². The summed E-state index contributed by atoms with van der Waals surface area (Å²) in [4.78, 5) is 17.0. The lowest BCUT2D eigenvalue weighted by atomic mass is 10.2. The van der Waals surface area contributed by atoms with Crippen molar-refractivity contribution < 1.29 is 18.0 Å². The first kappa shape index (κ1) is 18.4. The van der Waals surface area contributed by atoms with Crippen molar-refractivity contribution in [3.63, 3.8) is 0 Å². The molecule has 0 aliphatic carbocycles. The first-order valence-electron chi connectivity index (χ1n) is 6.96. The zero-order valence-electron chi connectivity index (χ0n) is 13.4. The molecule has 1 amide bonds. The third-order valence-electron chi connectivity index (χ3n) is 3.42. The predicted octanol–water partition coefficient (Wildman–Crippen LogP) is 3.08. The molecule has 0 fully saturated rings. The van der Waals surface area contributed by atoms with Crippen LogP contribution in [0.4, 0.5) is 5.69 Å². The third-order valence-corrected chi connectivity index (χ3v) is 5.50. The van der Waals surface area contributed by atoms with Gasteiger partial charge in [0.1, 0.15) is 0 Å². The molecule has 6 nitrogen and oxygen atoms in total. The van der Waals surface area contributed by atoms with Gasteiger partial charge in [-0.25, -0.2) is 8.42 Å². The van der Waals surface area contributed by atoms with Gasteiger partial charge in [-0.15, -0.1) is 0 Å². The molecule has 0 bridgehead atoms. The number of rotatable bonds is 5. The Morgan fingerprint density at radius 1 is 1.21 bits per heavy atom. The standard InChI is InChI=1S/C16H17ClN2O4S/c1-11-7-8-13(10-15(11)17)18-16(20)12-5-4-6-14(9-12)24(21,22)19(2)23-3/h4-10H,1-3H3,(H,18,20). The van der Waals surface area contributed by atoms with Crippen LogP contribution in [0.3, 0.4) is 0 Å². The molecule has 0 aliphatic rings. The van der Waals surface area contributed by atoms with Gasteiger partial charge in [-0.1, -0.05) is 28.2 Å². The smallest absolute Gasteiger partial charge is 0.264 e. The molecule has 0 aromatic heterocycles. The van der Waals surface area contributed by atoms with Gasteiger partial charge in [0.15, 0.2) is 0 Å². The highest BCUT2D eigenvalue weighted by atomic mass is 35.5. The molecule has 0 aliphatic heterocycles. The fourth-order valence-electron chi connectivity index (χ4n) is 1.92. The number of carbonyl (C=O) groups excluding carboxylic acids is 1. The van der Waals surface area contributed by atoms with Gasteiger partial charge in [-0.3, -0.25) is 9.63 Å². The molecule has 1 N–H and O–H groups in total. The van der Waals surface area contributed by atoms with Crippen molar-refractivity contribution in [3.05, 3.63) is 58.6 Å². The molecule has 0 saturated heterocycles. The second-order valence-corrected chi connectivity index (χ2v) is 7.39. The molecule has 0 heterocycles. The van der Waals surface area contributed by atoms with Crippen molar-refractivity contribution in [2.24, 2.45) is 0 Å². The second-order valence-electron chi connectivity index (χ2n) is 5.04. The molecule has 0 radical (unpaired) electrons. The van der Waals surface area contributed by atoms with Crippen molar-refractivity contribution in [2.45, 2.75) is 11.8 Å². The van der Waals surface area contributed by atoms with E-state index in [9.17, 15) is 13.2 Å². The molecule has 0 unspecified atom stereocenters. The molecular weight excluding hydrogens is 352 g/mol. The lowest BCUT2D eigenvalue weighted by Gasteiger charge is -2.14. The van der Waals surface area contributed by atoms with Crippen LogP contribution in [0.1, 0.15) is 15.9 Å². The summed E-state index contributed by atoms with van der Waals surface area (Å²) >= 11 is 6.03. The van der Waals surface area contributed by atoms with Gasteiger partial charge in [0, 0.05) is 23.3 Å². The third kappa shape index (κ3) is 3.93. The van der Waals surface area contributed by atoms with Crippen molar-refractivity contribution in [3.8, 4) is 0 Å². The van der Waals surface area contributed by atoms with Gasteiger partial charge in [0.2, 0.25) is 0 Å². The normalized spacial score (nSPS) is 11.5. The number of hydroxylamine groups is 1. The summed E-state index contributed by atoms with van der Waals surface area (Å²) < 4.78 is 25.2. The van der Waals surface area contributed by atoms with Gasteiger partial charge in [0.05, 0.1) is 12.0 Å².